The van der Waals surface area contributed by atoms with E-state index in [9.17, 15) is 14.9 Å². The second kappa shape index (κ2) is 6.81. The van der Waals surface area contributed by atoms with E-state index in [4.69, 9.17) is 0 Å². The molecule has 22 heavy (non-hydrogen) atoms. The summed E-state index contributed by atoms with van der Waals surface area (Å²) < 4.78 is 0. The van der Waals surface area contributed by atoms with Crippen molar-refractivity contribution in [3.05, 3.63) is 67.6 Å². The van der Waals surface area contributed by atoms with Crippen LogP contribution in [-0.4, -0.2) is 34.0 Å². The van der Waals surface area contributed by atoms with Crippen molar-refractivity contribution in [1.82, 2.24) is 14.9 Å². The number of benzene rings is 1. The number of nitrogens with one attached hydrogen (secondary N) is 2. The van der Waals surface area contributed by atoms with E-state index in [0.717, 1.165) is 12.1 Å². The molecule has 0 radical (unpaired) electrons. The van der Waals surface area contributed by atoms with Crippen molar-refractivity contribution in [3.63, 3.8) is 0 Å². The van der Waals surface area contributed by atoms with Gasteiger partial charge in [0.05, 0.1) is 0 Å². The number of aromatic amines is 1. The Kier molecular flexibility index (Phi) is 4.84. The zero-order chi connectivity index (χ0) is 16.1. The number of anilines is 1. The van der Waals surface area contributed by atoms with Gasteiger partial charge < -0.3 is 4.90 Å². The molecule has 2 rings (SSSR count). The van der Waals surface area contributed by atoms with Gasteiger partial charge in [0.25, 0.3) is 11.5 Å². The first-order valence-electron chi connectivity index (χ1n) is 6.66. The van der Waals surface area contributed by atoms with Crippen molar-refractivity contribution in [2.45, 2.75) is 13.0 Å². The predicted octanol–water partition coefficient (Wildman–Crippen LogP) is 1.03. The van der Waals surface area contributed by atoms with E-state index in [0.29, 0.717) is 12.0 Å². The van der Waals surface area contributed by atoms with E-state index in [1.54, 1.807) is 0 Å². The van der Waals surface area contributed by atoms with E-state index < -0.39 is 10.6 Å². The van der Waals surface area contributed by atoms with Crippen LogP contribution in [0.1, 0.15) is 16.7 Å². The molecule has 1 heterocycles. The lowest BCUT2D eigenvalue weighted by molar-refractivity contribution is -0.446. The third kappa shape index (κ3) is 4.38. The minimum absolute atomic E-state index is 0.180. The standard InChI is InChI=1S/C14H17N5O3/c1-18(2)9-11-5-3-10(4-6-11)7-12-8-15-14(16-13(12)20)17-19(21)22/h3-6,8H,7,9H2,1-2H3,(H2,15,16,17,20). The highest BCUT2D eigenvalue weighted by Gasteiger charge is 2.07. The molecule has 2 N–H and O–H groups in total. The summed E-state index contributed by atoms with van der Waals surface area (Å²) in [5.74, 6) is -0.180. The average molecular weight is 303 g/mol. The van der Waals surface area contributed by atoms with Crippen LogP contribution >= 0.6 is 0 Å². The van der Waals surface area contributed by atoms with Gasteiger partial charge >= 0.3 is 0 Å². The number of rotatable bonds is 6. The van der Waals surface area contributed by atoms with Crippen LogP contribution in [0.25, 0.3) is 0 Å². The van der Waals surface area contributed by atoms with Crippen LogP contribution < -0.4 is 11.0 Å². The molecule has 0 fully saturated rings. The number of hydrogen-bond acceptors (Lipinski definition) is 5. The van der Waals surface area contributed by atoms with E-state index in [-0.39, 0.29) is 5.95 Å². The Balaban J connectivity index is 2.10. The van der Waals surface area contributed by atoms with Gasteiger partial charge in [-0.2, -0.15) is 0 Å². The normalized spacial score (nSPS) is 10.7. The average Bonchev–Trinajstić information content (AvgIpc) is 2.42. The van der Waals surface area contributed by atoms with Crippen LogP contribution in [0.2, 0.25) is 0 Å². The van der Waals surface area contributed by atoms with E-state index >= 15 is 0 Å². The maximum atomic E-state index is 11.9. The molecular formula is C14H17N5O3. The maximum absolute atomic E-state index is 11.9. The Labute approximate surface area is 126 Å². The van der Waals surface area contributed by atoms with Gasteiger partial charge in [-0.3, -0.25) is 9.78 Å². The SMILES string of the molecule is CN(C)Cc1ccc(Cc2cnc(N[N+](=O)[O-])[nH]c2=O)cc1. The molecule has 0 atom stereocenters. The molecule has 8 heteroatoms. The highest BCUT2D eigenvalue weighted by Crippen LogP contribution is 2.09. The number of aromatic nitrogens is 2. The number of H-pyrrole nitrogens is 1. The molecule has 0 aliphatic heterocycles. The van der Waals surface area contributed by atoms with Gasteiger partial charge in [0, 0.05) is 24.7 Å². The first kappa shape index (κ1) is 15.6. The molecule has 0 spiro atoms. The molecule has 0 saturated heterocycles. The molecule has 1 aromatic carbocycles. The highest BCUT2D eigenvalue weighted by atomic mass is 16.7. The molecule has 116 valence electrons. The first-order chi connectivity index (χ1) is 10.4. The summed E-state index contributed by atoms with van der Waals surface area (Å²) >= 11 is 0. The van der Waals surface area contributed by atoms with Crippen molar-refractivity contribution in [2.75, 3.05) is 19.5 Å². The largest absolute Gasteiger partial charge is 0.305 e. The van der Waals surface area contributed by atoms with E-state index in [1.165, 1.54) is 11.8 Å². The van der Waals surface area contributed by atoms with Gasteiger partial charge in [-0.1, -0.05) is 29.7 Å². The van der Waals surface area contributed by atoms with Crippen LogP contribution in [0.5, 0.6) is 0 Å². The fourth-order valence-corrected chi connectivity index (χ4v) is 2.04. The van der Waals surface area contributed by atoms with Gasteiger partial charge in [-0.05, 0) is 25.2 Å². The van der Waals surface area contributed by atoms with Crippen LogP contribution in [-0.2, 0) is 13.0 Å². The van der Waals surface area contributed by atoms with Gasteiger partial charge in [0.15, 0.2) is 5.03 Å². The topological polar surface area (TPSA) is 104 Å². The van der Waals surface area contributed by atoms with Gasteiger partial charge in [0.2, 0.25) is 0 Å². The molecule has 8 nitrogen and oxygen atoms in total. The number of nitro groups is 1. The number of hydrogen-bond donors (Lipinski definition) is 2. The molecule has 0 bridgehead atoms. The Hall–Kier alpha value is -2.74. The van der Waals surface area contributed by atoms with Crippen molar-refractivity contribution >= 4 is 5.95 Å². The van der Waals surface area contributed by atoms with Crippen molar-refractivity contribution in [2.24, 2.45) is 0 Å². The van der Waals surface area contributed by atoms with Gasteiger partial charge in [-0.25, -0.2) is 15.1 Å². The van der Waals surface area contributed by atoms with Gasteiger partial charge in [0.1, 0.15) is 0 Å². The molecule has 2 aromatic rings. The Morgan fingerprint density at radius 1 is 1.27 bits per heavy atom. The lowest BCUT2D eigenvalue weighted by Gasteiger charge is -2.10. The molecule has 0 unspecified atom stereocenters. The Morgan fingerprint density at radius 3 is 2.45 bits per heavy atom. The van der Waals surface area contributed by atoms with Crippen LogP contribution in [0.15, 0.2) is 35.3 Å². The Morgan fingerprint density at radius 2 is 1.91 bits per heavy atom. The van der Waals surface area contributed by atoms with Crippen LogP contribution in [0, 0.1) is 10.1 Å². The highest BCUT2D eigenvalue weighted by molar-refractivity contribution is 5.29. The van der Waals surface area contributed by atoms with Crippen molar-refractivity contribution in [3.8, 4) is 0 Å². The minimum Gasteiger partial charge on any atom is -0.305 e. The number of nitrogens with zero attached hydrogens (tertiary/aromatic N) is 3. The summed E-state index contributed by atoms with van der Waals surface area (Å²) in [5, 5.41) is 9.52. The monoisotopic (exact) mass is 303 g/mol. The molecule has 0 aliphatic carbocycles. The summed E-state index contributed by atoms with van der Waals surface area (Å²) in [6.07, 6.45) is 1.77. The van der Waals surface area contributed by atoms with Gasteiger partial charge in [-0.15, -0.1) is 0 Å². The summed E-state index contributed by atoms with van der Waals surface area (Å²) in [5.41, 5.74) is 4.04. The fourth-order valence-electron chi connectivity index (χ4n) is 2.04. The molecule has 0 amide bonds. The minimum atomic E-state index is -0.776. The predicted molar refractivity (Wildman–Crippen MR) is 82.1 cm³/mol. The number of hydrazine groups is 1. The third-order valence-electron chi connectivity index (χ3n) is 2.99. The lowest BCUT2D eigenvalue weighted by atomic mass is 10.1. The van der Waals surface area contributed by atoms with Crippen molar-refractivity contribution < 1.29 is 5.03 Å². The summed E-state index contributed by atoms with van der Waals surface area (Å²) in [4.78, 5) is 30.4. The van der Waals surface area contributed by atoms with E-state index in [1.807, 2.05) is 43.8 Å². The second-order valence-corrected chi connectivity index (χ2v) is 5.19. The lowest BCUT2D eigenvalue weighted by Crippen LogP contribution is -2.19. The third-order valence-corrected chi connectivity index (χ3v) is 2.99. The van der Waals surface area contributed by atoms with Crippen LogP contribution in [0.3, 0.4) is 0 Å². The van der Waals surface area contributed by atoms with Crippen LogP contribution in [0.4, 0.5) is 5.95 Å². The molecule has 0 saturated carbocycles. The Bertz CT molecular complexity index is 709. The maximum Gasteiger partial charge on any atom is 0.265 e. The second-order valence-electron chi connectivity index (χ2n) is 5.19. The summed E-state index contributed by atoms with van der Waals surface area (Å²) in [7, 11) is 4.00. The summed E-state index contributed by atoms with van der Waals surface area (Å²) in [6, 6.07) is 7.95. The fraction of sp³-hybridized carbons (Fsp3) is 0.286. The zero-order valence-electron chi connectivity index (χ0n) is 12.4. The van der Waals surface area contributed by atoms with E-state index in [2.05, 4.69) is 14.9 Å². The smallest absolute Gasteiger partial charge is 0.265 e. The molecular weight excluding hydrogens is 286 g/mol. The first-order valence-corrected chi connectivity index (χ1v) is 6.66. The quantitative estimate of drug-likeness (QED) is 0.610. The zero-order valence-corrected chi connectivity index (χ0v) is 12.4. The van der Waals surface area contributed by atoms with Crippen molar-refractivity contribution in [1.29, 1.82) is 0 Å². The summed E-state index contributed by atoms with van der Waals surface area (Å²) in [6.45, 7) is 0.851. The molecule has 1 aromatic heterocycles. The molecule has 0 aliphatic rings.